The van der Waals surface area contributed by atoms with Gasteiger partial charge in [-0.25, -0.2) is 0 Å². The fourth-order valence-electron chi connectivity index (χ4n) is 3.19. The molecule has 0 radical (unpaired) electrons. The molecule has 2 heteroatoms. The van der Waals surface area contributed by atoms with Crippen molar-refractivity contribution >= 4 is 26.7 Å². The Morgan fingerprint density at radius 3 is 2.63 bits per heavy atom. The van der Waals surface area contributed by atoms with E-state index in [4.69, 9.17) is 0 Å². The van der Waals surface area contributed by atoms with Crippen LogP contribution in [0, 0.1) is 5.41 Å². The minimum Gasteiger partial charge on any atom is -0.388 e. The molecule has 0 saturated carbocycles. The Balaban J connectivity index is 2.26. The van der Waals surface area contributed by atoms with E-state index < -0.39 is 0 Å². The van der Waals surface area contributed by atoms with Crippen LogP contribution < -0.4 is 0 Å². The summed E-state index contributed by atoms with van der Waals surface area (Å²) in [5.74, 6) is 0. The summed E-state index contributed by atoms with van der Waals surface area (Å²) in [6.07, 6.45) is 2.66. The van der Waals surface area contributed by atoms with Gasteiger partial charge in [0.25, 0.3) is 0 Å². The van der Waals surface area contributed by atoms with Crippen LogP contribution in [0.1, 0.15) is 43.9 Å². The average Bonchev–Trinajstić information content (AvgIpc) is 2.47. The smallest absolute Gasteiger partial charge is 0.0798 e. The molecule has 1 aliphatic rings. The van der Waals surface area contributed by atoms with Gasteiger partial charge in [0.15, 0.2) is 0 Å². The van der Waals surface area contributed by atoms with Gasteiger partial charge >= 0.3 is 0 Å². The second kappa shape index (κ2) is 4.60. The van der Waals surface area contributed by atoms with Gasteiger partial charge in [-0.2, -0.15) is 0 Å². The van der Waals surface area contributed by atoms with Gasteiger partial charge in [0, 0.05) is 4.47 Å². The van der Waals surface area contributed by atoms with Crippen molar-refractivity contribution in [2.75, 3.05) is 0 Å². The van der Waals surface area contributed by atoms with Gasteiger partial charge in [-0.3, -0.25) is 0 Å². The molecular formula is C17H19BrO. The number of rotatable bonds is 0. The molecule has 1 nitrogen and oxygen atoms in total. The summed E-state index contributed by atoms with van der Waals surface area (Å²) in [5, 5.41) is 13.1. The van der Waals surface area contributed by atoms with Gasteiger partial charge < -0.3 is 5.11 Å². The van der Waals surface area contributed by atoms with Crippen molar-refractivity contribution in [3.63, 3.8) is 0 Å². The van der Waals surface area contributed by atoms with Crippen molar-refractivity contribution in [2.45, 2.75) is 39.2 Å². The van der Waals surface area contributed by atoms with Crippen LogP contribution in [0.15, 0.2) is 34.8 Å². The summed E-state index contributed by atoms with van der Waals surface area (Å²) in [4.78, 5) is 0. The number of aliphatic hydroxyl groups excluding tert-OH is 1. The number of aryl methyl sites for hydroxylation is 1. The maximum absolute atomic E-state index is 10.5. The highest BCUT2D eigenvalue weighted by Crippen LogP contribution is 2.43. The predicted molar refractivity (Wildman–Crippen MR) is 83.3 cm³/mol. The number of fused-ring (bicyclic) bond motifs is 3. The van der Waals surface area contributed by atoms with Gasteiger partial charge in [0.1, 0.15) is 0 Å². The summed E-state index contributed by atoms with van der Waals surface area (Å²) < 4.78 is 1.08. The Labute approximate surface area is 122 Å². The van der Waals surface area contributed by atoms with Crippen LogP contribution in [0.3, 0.4) is 0 Å². The van der Waals surface area contributed by atoms with E-state index in [9.17, 15) is 5.11 Å². The molecule has 2 aromatic carbocycles. The molecule has 1 aliphatic carbocycles. The molecule has 0 aromatic heterocycles. The molecule has 0 heterocycles. The van der Waals surface area contributed by atoms with E-state index in [1.165, 1.54) is 16.3 Å². The third-order valence-corrected chi connectivity index (χ3v) is 4.95. The van der Waals surface area contributed by atoms with E-state index in [0.29, 0.717) is 0 Å². The van der Waals surface area contributed by atoms with Crippen molar-refractivity contribution in [1.29, 1.82) is 0 Å². The van der Waals surface area contributed by atoms with Crippen LogP contribution >= 0.6 is 15.9 Å². The van der Waals surface area contributed by atoms with Crippen LogP contribution in [-0.2, 0) is 6.42 Å². The third kappa shape index (κ3) is 2.32. The lowest BCUT2D eigenvalue weighted by molar-refractivity contribution is 0.116. The molecule has 0 aliphatic heterocycles. The monoisotopic (exact) mass is 318 g/mol. The summed E-state index contributed by atoms with van der Waals surface area (Å²) in [5.41, 5.74) is 2.64. The van der Waals surface area contributed by atoms with E-state index in [1.54, 1.807) is 0 Å². The van der Waals surface area contributed by atoms with E-state index in [-0.39, 0.29) is 11.5 Å². The molecule has 0 amide bonds. The topological polar surface area (TPSA) is 20.2 Å². The average molecular weight is 319 g/mol. The van der Waals surface area contributed by atoms with E-state index in [2.05, 4.69) is 60.1 Å². The second-order valence-corrected chi connectivity index (χ2v) is 7.21. The molecule has 1 atom stereocenters. The SMILES string of the molecule is CC1(C)CCc2c(cc(Br)c3ccccc23)C(O)C1. The minimum atomic E-state index is -0.353. The Kier molecular flexibility index (Phi) is 3.18. The molecule has 0 bridgehead atoms. The fraction of sp³-hybridized carbons (Fsp3) is 0.412. The Morgan fingerprint density at radius 1 is 1.21 bits per heavy atom. The highest BCUT2D eigenvalue weighted by molar-refractivity contribution is 9.10. The first-order valence-corrected chi connectivity index (χ1v) is 7.65. The highest BCUT2D eigenvalue weighted by Gasteiger charge is 2.29. The number of hydrogen-bond acceptors (Lipinski definition) is 1. The molecule has 0 spiro atoms. The lowest BCUT2D eigenvalue weighted by Crippen LogP contribution is -2.13. The van der Waals surface area contributed by atoms with Crippen LogP contribution in [0.5, 0.6) is 0 Å². The molecule has 2 aromatic rings. The highest BCUT2D eigenvalue weighted by atomic mass is 79.9. The molecule has 0 fully saturated rings. The molecule has 19 heavy (non-hydrogen) atoms. The molecule has 0 saturated heterocycles. The first-order valence-electron chi connectivity index (χ1n) is 6.86. The van der Waals surface area contributed by atoms with Gasteiger partial charge in [-0.05, 0) is 52.6 Å². The third-order valence-electron chi connectivity index (χ3n) is 4.30. The summed E-state index contributed by atoms with van der Waals surface area (Å²) in [7, 11) is 0. The van der Waals surface area contributed by atoms with Crippen LogP contribution in [0.25, 0.3) is 10.8 Å². The van der Waals surface area contributed by atoms with Crippen LogP contribution in [-0.4, -0.2) is 5.11 Å². The zero-order valence-electron chi connectivity index (χ0n) is 11.4. The molecule has 1 N–H and O–H groups in total. The minimum absolute atomic E-state index is 0.200. The van der Waals surface area contributed by atoms with Crippen molar-refractivity contribution in [3.05, 3.63) is 45.9 Å². The Bertz CT molecular complexity index is 630. The lowest BCUT2D eigenvalue weighted by atomic mass is 9.84. The number of hydrogen-bond donors (Lipinski definition) is 1. The molecule has 100 valence electrons. The van der Waals surface area contributed by atoms with Gasteiger partial charge in [0.05, 0.1) is 6.10 Å². The number of benzene rings is 2. The van der Waals surface area contributed by atoms with Crippen molar-refractivity contribution < 1.29 is 5.11 Å². The van der Waals surface area contributed by atoms with Crippen molar-refractivity contribution in [3.8, 4) is 0 Å². The van der Waals surface area contributed by atoms with E-state index in [1.807, 2.05) is 0 Å². The van der Waals surface area contributed by atoms with Crippen LogP contribution in [0.4, 0.5) is 0 Å². The summed E-state index contributed by atoms with van der Waals surface area (Å²) in [6, 6.07) is 10.6. The van der Waals surface area contributed by atoms with E-state index >= 15 is 0 Å². The summed E-state index contributed by atoms with van der Waals surface area (Å²) >= 11 is 3.65. The lowest BCUT2D eigenvalue weighted by Gasteiger charge is -2.24. The Hall–Kier alpha value is -0.860. The predicted octanol–water partition coefficient (Wildman–Crippen LogP) is 5.00. The second-order valence-electron chi connectivity index (χ2n) is 6.36. The van der Waals surface area contributed by atoms with Gasteiger partial charge in [0.2, 0.25) is 0 Å². The first-order chi connectivity index (χ1) is 8.98. The quantitative estimate of drug-likeness (QED) is 0.678. The number of aliphatic hydroxyl groups is 1. The normalized spacial score (nSPS) is 22.0. The maximum atomic E-state index is 10.5. The first kappa shape index (κ1) is 13.1. The summed E-state index contributed by atoms with van der Waals surface area (Å²) in [6.45, 7) is 4.50. The van der Waals surface area contributed by atoms with Gasteiger partial charge in [-0.15, -0.1) is 0 Å². The van der Waals surface area contributed by atoms with Crippen molar-refractivity contribution in [2.24, 2.45) is 5.41 Å². The van der Waals surface area contributed by atoms with Gasteiger partial charge in [-0.1, -0.05) is 54.0 Å². The Morgan fingerprint density at radius 2 is 1.89 bits per heavy atom. The van der Waals surface area contributed by atoms with E-state index in [0.717, 1.165) is 29.3 Å². The number of halogens is 1. The largest absolute Gasteiger partial charge is 0.388 e. The zero-order valence-corrected chi connectivity index (χ0v) is 13.0. The fourth-order valence-corrected chi connectivity index (χ4v) is 3.78. The maximum Gasteiger partial charge on any atom is 0.0798 e. The van der Waals surface area contributed by atoms with Crippen molar-refractivity contribution in [1.82, 2.24) is 0 Å². The zero-order chi connectivity index (χ0) is 13.6. The van der Waals surface area contributed by atoms with Crippen LogP contribution in [0.2, 0.25) is 0 Å². The molecule has 1 unspecified atom stereocenters. The molecular weight excluding hydrogens is 300 g/mol. The molecule has 3 rings (SSSR count). The standard InChI is InChI=1S/C17H19BrO/c1-17(2)8-7-12-11-5-3-4-6-13(11)15(18)9-14(12)16(19)10-17/h3-6,9,16,19H,7-8,10H2,1-2H3.